The summed E-state index contributed by atoms with van der Waals surface area (Å²) in [7, 11) is 0. The van der Waals surface area contributed by atoms with Crippen LogP contribution in [0.25, 0.3) is 0 Å². The van der Waals surface area contributed by atoms with E-state index in [-0.39, 0.29) is 25.4 Å². The number of aryl methyl sites for hydroxylation is 2. The summed E-state index contributed by atoms with van der Waals surface area (Å²) >= 11 is 0. The van der Waals surface area contributed by atoms with E-state index in [0.29, 0.717) is 36.2 Å². The number of hydrogen-bond acceptors (Lipinski definition) is 4. The van der Waals surface area contributed by atoms with Gasteiger partial charge in [0.1, 0.15) is 19.0 Å². The van der Waals surface area contributed by atoms with E-state index in [2.05, 4.69) is 28.9 Å². The molecule has 2 aliphatic rings. The molecule has 2 aromatic rings. The minimum absolute atomic E-state index is 0. The van der Waals surface area contributed by atoms with Gasteiger partial charge in [-0.15, -0.1) is 0 Å². The van der Waals surface area contributed by atoms with Crippen molar-refractivity contribution in [2.24, 2.45) is 5.92 Å². The number of hydrogen-bond donors (Lipinski definition) is 0. The van der Waals surface area contributed by atoms with Crippen LogP contribution in [0, 0.1) is 25.6 Å². The molecule has 0 N–H and O–H groups in total. The van der Waals surface area contributed by atoms with Gasteiger partial charge in [-0.05, 0) is 69.8 Å². The lowest BCUT2D eigenvalue weighted by atomic mass is 9.98. The smallest absolute Gasteiger partial charge is 0.164 e. The zero-order valence-corrected chi connectivity index (χ0v) is 17.8. The molecule has 2 aliphatic heterocycles. The minimum Gasteiger partial charge on any atom is -0.486 e. The van der Waals surface area contributed by atoms with E-state index in [1.807, 2.05) is 19.9 Å². The van der Waals surface area contributed by atoms with Crippen LogP contribution in [-0.2, 0) is 6.42 Å². The molecule has 3 heterocycles. The number of rotatable bonds is 4. The maximum atomic E-state index is 14.6. The van der Waals surface area contributed by atoms with Crippen LogP contribution in [0.2, 0.25) is 0 Å². The van der Waals surface area contributed by atoms with Crippen molar-refractivity contribution >= 4 is 13.5 Å². The Morgan fingerprint density at radius 2 is 1.75 bits per heavy atom. The molecule has 0 spiro atoms. The van der Waals surface area contributed by atoms with Crippen LogP contribution in [0.15, 0.2) is 24.3 Å². The van der Waals surface area contributed by atoms with Crippen molar-refractivity contribution in [2.75, 3.05) is 26.3 Å². The molecule has 2 atom stereocenters. The zero-order valence-electron chi connectivity index (χ0n) is 16.8. The van der Waals surface area contributed by atoms with Gasteiger partial charge in [0.25, 0.3) is 0 Å². The van der Waals surface area contributed by atoms with Gasteiger partial charge in [0.15, 0.2) is 11.5 Å². The Kier molecular flexibility index (Phi) is 6.50. The van der Waals surface area contributed by atoms with E-state index in [1.54, 1.807) is 0 Å². The lowest BCUT2D eigenvalue weighted by Gasteiger charge is -2.27. The van der Waals surface area contributed by atoms with Crippen molar-refractivity contribution in [2.45, 2.75) is 39.7 Å². The first-order chi connectivity index (χ1) is 13.0. The molecule has 4 rings (SSSR count). The summed E-state index contributed by atoms with van der Waals surface area (Å²) in [6.45, 7) is 9.14. The second-order valence-electron chi connectivity index (χ2n) is 7.81. The molecule has 1 saturated heterocycles. The van der Waals surface area contributed by atoms with Crippen LogP contribution in [0.1, 0.15) is 41.9 Å². The Bertz CT molecular complexity index is 825. The first kappa shape index (κ1) is 20.9. The van der Waals surface area contributed by atoms with E-state index in [0.717, 1.165) is 37.3 Å². The molecule has 0 aliphatic carbocycles. The lowest BCUT2D eigenvalue weighted by molar-refractivity contribution is 0.169. The Morgan fingerprint density at radius 3 is 2.43 bits per heavy atom. The Labute approximate surface area is 173 Å². The minimum atomic E-state index is -0.212. The van der Waals surface area contributed by atoms with Crippen LogP contribution in [0.5, 0.6) is 11.5 Å². The largest absolute Gasteiger partial charge is 0.486 e. The van der Waals surface area contributed by atoms with Gasteiger partial charge >= 0.3 is 0 Å². The van der Waals surface area contributed by atoms with Gasteiger partial charge in [-0.2, -0.15) is 13.5 Å². The third-order valence-corrected chi connectivity index (χ3v) is 5.64. The molecule has 0 unspecified atom stereocenters. The number of aromatic nitrogens is 1. The Morgan fingerprint density at radius 1 is 1.11 bits per heavy atom. The Balaban J connectivity index is 0.00000225. The second-order valence-corrected chi connectivity index (χ2v) is 7.81. The van der Waals surface area contributed by atoms with Crippen LogP contribution in [0.4, 0.5) is 4.39 Å². The number of ether oxygens (including phenoxy) is 2. The molecular formula is C22H29FN2O2S. The first-order valence-corrected chi connectivity index (χ1v) is 9.77. The van der Waals surface area contributed by atoms with Crippen LogP contribution >= 0.6 is 13.5 Å². The summed E-state index contributed by atoms with van der Waals surface area (Å²) in [5.74, 6) is 1.55. The highest BCUT2D eigenvalue weighted by molar-refractivity contribution is 7.59. The van der Waals surface area contributed by atoms with Gasteiger partial charge in [-0.25, -0.2) is 4.39 Å². The van der Waals surface area contributed by atoms with E-state index >= 15 is 0 Å². The van der Waals surface area contributed by atoms with Gasteiger partial charge in [0, 0.05) is 35.6 Å². The fourth-order valence-electron chi connectivity index (χ4n) is 4.35. The van der Waals surface area contributed by atoms with Crippen molar-refractivity contribution in [1.29, 1.82) is 0 Å². The topological polar surface area (TPSA) is 34.6 Å². The molecule has 0 bridgehead atoms. The van der Waals surface area contributed by atoms with Crippen LogP contribution < -0.4 is 9.47 Å². The SMILES string of the molecule is Cc1cc(C[C@H]2CCN([C@H](C)c3cc4c(cc3F)OCCO4)C2)cc(C)n1.S. The molecule has 1 aromatic heterocycles. The molecule has 1 fully saturated rings. The molecule has 152 valence electrons. The average molecular weight is 405 g/mol. The number of benzene rings is 1. The Hall–Kier alpha value is -1.79. The third kappa shape index (κ3) is 4.44. The number of halogens is 1. The van der Waals surface area contributed by atoms with Gasteiger partial charge < -0.3 is 9.47 Å². The lowest BCUT2D eigenvalue weighted by Crippen LogP contribution is -2.26. The molecule has 6 heteroatoms. The van der Waals surface area contributed by atoms with Crippen molar-refractivity contribution in [1.82, 2.24) is 9.88 Å². The summed E-state index contributed by atoms with van der Waals surface area (Å²) in [6, 6.07) is 7.67. The molecule has 0 radical (unpaired) electrons. The normalized spacial score (nSPS) is 19.9. The fraction of sp³-hybridized carbons (Fsp3) is 0.500. The molecule has 0 amide bonds. The monoisotopic (exact) mass is 404 g/mol. The summed E-state index contributed by atoms with van der Waals surface area (Å²) in [6.07, 6.45) is 2.19. The van der Waals surface area contributed by atoms with E-state index < -0.39 is 0 Å². The van der Waals surface area contributed by atoms with Gasteiger partial charge in [0.05, 0.1) is 0 Å². The quantitative estimate of drug-likeness (QED) is 0.759. The summed E-state index contributed by atoms with van der Waals surface area (Å²) in [5, 5.41) is 0. The summed E-state index contributed by atoms with van der Waals surface area (Å²) in [4.78, 5) is 6.84. The maximum Gasteiger partial charge on any atom is 0.164 e. The van der Waals surface area contributed by atoms with E-state index in [4.69, 9.17) is 9.47 Å². The number of likely N-dealkylation sites (tertiary alicyclic amines) is 1. The molecule has 1 aromatic carbocycles. The van der Waals surface area contributed by atoms with Crippen LogP contribution in [-0.4, -0.2) is 36.2 Å². The number of pyridine rings is 1. The van der Waals surface area contributed by atoms with Gasteiger partial charge in [-0.3, -0.25) is 9.88 Å². The molecule has 28 heavy (non-hydrogen) atoms. The number of fused-ring (bicyclic) bond motifs is 1. The second kappa shape index (κ2) is 8.70. The van der Waals surface area contributed by atoms with Gasteiger partial charge in [0.2, 0.25) is 0 Å². The van der Waals surface area contributed by atoms with E-state index in [1.165, 1.54) is 11.6 Å². The fourth-order valence-corrected chi connectivity index (χ4v) is 4.35. The van der Waals surface area contributed by atoms with Crippen molar-refractivity contribution in [3.05, 3.63) is 52.6 Å². The molecule has 0 saturated carbocycles. The van der Waals surface area contributed by atoms with Crippen LogP contribution in [0.3, 0.4) is 0 Å². The third-order valence-electron chi connectivity index (χ3n) is 5.64. The summed E-state index contributed by atoms with van der Waals surface area (Å²) < 4.78 is 25.8. The average Bonchev–Trinajstić information content (AvgIpc) is 3.08. The molecular weight excluding hydrogens is 375 g/mol. The highest BCUT2D eigenvalue weighted by atomic mass is 32.1. The number of nitrogens with zero attached hydrogens (tertiary/aromatic N) is 2. The first-order valence-electron chi connectivity index (χ1n) is 9.77. The highest BCUT2D eigenvalue weighted by Gasteiger charge is 2.29. The maximum absolute atomic E-state index is 14.6. The zero-order chi connectivity index (χ0) is 19.0. The molecule has 4 nitrogen and oxygen atoms in total. The summed E-state index contributed by atoms with van der Waals surface area (Å²) in [5.41, 5.74) is 4.19. The highest BCUT2D eigenvalue weighted by Crippen LogP contribution is 2.37. The van der Waals surface area contributed by atoms with Gasteiger partial charge in [-0.1, -0.05) is 0 Å². The van der Waals surface area contributed by atoms with Crippen molar-refractivity contribution < 1.29 is 13.9 Å². The predicted molar refractivity (Wildman–Crippen MR) is 113 cm³/mol. The standard InChI is InChI=1S/C22H27FN2O2.H2S/c1-14-8-18(9-15(2)24-14)10-17-4-5-25(13-17)16(3)19-11-21-22(12-20(19)23)27-7-6-26-21;/h8-9,11-12,16-17H,4-7,10,13H2,1-3H3;1H2/t16-,17-;/m1./s1. The van der Waals surface area contributed by atoms with Crippen molar-refractivity contribution in [3.8, 4) is 11.5 Å². The van der Waals surface area contributed by atoms with E-state index in [9.17, 15) is 4.39 Å². The predicted octanol–water partition coefficient (Wildman–Crippen LogP) is 4.35. The van der Waals surface area contributed by atoms with Crippen molar-refractivity contribution in [3.63, 3.8) is 0 Å².